The van der Waals surface area contributed by atoms with E-state index in [2.05, 4.69) is 25.7 Å². The maximum absolute atomic E-state index is 14.0. The van der Waals surface area contributed by atoms with Gasteiger partial charge in [0.1, 0.15) is 5.82 Å². The van der Waals surface area contributed by atoms with E-state index in [9.17, 15) is 4.39 Å². The van der Waals surface area contributed by atoms with Crippen molar-refractivity contribution in [1.29, 1.82) is 0 Å². The van der Waals surface area contributed by atoms with Crippen LogP contribution in [-0.4, -0.2) is 0 Å². The van der Waals surface area contributed by atoms with Gasteiger partial charge in [-0.05, 0) is 68.1 Å². The third kappa shape index (κ3) is 2.94. The van der Waals surface area contributed by atoms with Crippen LogP contribution in [0, 0.1) is 28.5 Å². The molecule has 118 valence electrons. The molecule has 0 radical (unpaired) electrons. The van der Waals surface area contributed by atoms with E-state index in [0.29, 0.717) is 5.41 Å². The van der Waals surface area contributed by atoms with E-state index in [0.717, 1.165) is 24.0 Å². The first-order valence-corrected chi connectivity index (χ1v) is 8.92. The normalized spacial score (nSPS) is 30.0. The minimum atomic E-state index is -0.0940. The highest BCUT2D eigenvalue weighted by Crippen LogP contribution is 2.57. The van der Waals surface area contributed by atoms with E-state index < -0.39 is 0 Å². The fourth-order valence-electron chi connectivity index (χ4n) is 4.28. The Morgan fingerprint density at radius 3 is 2.27 bits per heavy atom. The average molecular weight is 298 g/mol. The van der Waals surface area contributed by atoms with Gasteiger partial charge in [-0.3, -0.25) is 0 Å². The zero-order valence-corrected chi connectivity index (χ0v) is 14.0. The Morgan fingerprint density at radius 2 is 1.73 bits per heavy atom. The van der Waals surface area contributed by atoms with Gasteiger partial charge in [0.05, 0.1) is 0 Å². The first-order chi connectivity index (χ1) is 10.6. The maximum atomic E-state index is 14.0. The molecule has 1 aromatic carbocycles. The molecule has 1 heteroatoms. The molecule has 0 N–H and O–H groups in total. The molecule has 3 aliphatic carbocycles. The molecule has 0 heterocycles. The lowest BCUT2D eigenvalue weighted by Gasteiger charge is -2.51. The van der Waals surface area contributed by atoms with Gasteiger partial charge in [-0.2, -0.15) is 0 Å². The number of hydrogen-bond donors (Lipinski definition) is 0. The Kier molecular flexibility index (Phi) is 4.31. The first kappa shape index (κ1) is 15.6. The van der Waals surface area contributed by atoms with Crippen LogP contribution < -0.4 is 0 Å². The third-order valence-corrected chi connectivity index (χ3v) is 6.20. The van der Waals surface area contributed by atoms with Gasteiger partial charge in [-0.25, -0.2) is 4.39 Å². The molecule has 0 aliphatic heterocycles. The summed E-state index contributed by atoms with van der Waals surface area (Å²) in [4.78, 5) is 0. The van der Waals surface area contributed by atoms with Crippen molar-refractivity contribution in [2.24, 2.45) is 10.8 Å². The summed E-state index contributed by atoms with van der Waals surface area (Å²) in [6.45, 7) is 4.42. The van der Waals surface area contributed by atoms with Gasteiger partial charge in [0, 0.05) is 11.0 Å². The standard InChI is InChI=1S/C21H27F/c1-3-5-18-7-6-17(16-19(18)22)8-9-21-13-10-20(4-2,11-14-21)12-15-21/h6-7,16H,3-5,10-15H2,1-2H3. The lowest BCUT2D eigenvalue weighted by molar-refractivity contribution is 0.0243. The summed E-state index contributed by atoms with van der Waals surface area (Å²) in [6, 6.07) is 5.51. The van der Waals surface area contributed by atoms with Crippen molar-refractivity contribution >= 4 is 0 Å². The molecular formula is C21H27F. The molecule has 0 aromatic heterocycles. The van der Waals surface area contributed by atoms with E-state index in [1.807, 2.05) is 12.1 Å². The van der Waals surface area contributed by atoms with Crippen LogP contribution in [0.5, 0.6) is 0 Å². The van der Waals surface area contributed by atoms with Gasteiger partial charge >= 0.3 is 0 Å². The monoisotopic (exact) mass is 298 g/mol. The molecule has 0 saturated heterocycles. The third-order valence-electron chi connectivity index (χ3n) is 6.20. The van der Waals surface area contributed by atoms with Gasteiger partial charge < -0.3 is 0 Å². The zero-order chi connectivity index (χ0) is 15.6. The van der Waals surface area contributed by atoms with E-state index >= 15 is 0 Å². The fraction of sp³-hybridized carbons (Fsp3) is 0.619. The van der Waals surface area contributed by atoms with Gasteiger partial charge in [0.25, 0.3) is 0 Å². The Hall–Kier alpha value is -1.29. The summed E-state index contributed by atoms with van der Waals surface area (Å²) in [7, 11) is 0. The average Bonchev–Trinajstić information content (AvgIpc) is 2.57. The Balaban J connectivity index is 1.75. The number of halogens is 1. The molecule has 1 aromatic rings. The summed E-state index contributed by atoms with van der Waals surface area (Å²) in [5.74, 6) is 6.73. The van der Waals surface area contributed by atoms with Crippen LogP contribution in [0.25, 0.3) is 0 Å². The molecule has 0 unspecified atom stereocenters. The van der Waals surface area contributed by atoms with E-state index in [4.69, 9.17) is 0 Å². The highest BCUT2D eigenvalue weighted by atomic mass is 19.1. The molecule has 3 saturated carbocycles. The molecule has 3 aliphatic rings. The number of hydrogen-bond acceptors (Lipinski definition) is 0. The van der Waals surface area contributed by atoms with Gasteiger partial charge in [-0.15, -0.1) is 0 Å². The van der Waals surface area contributed by atoms with Crippen molar-refractivity contribution in [2.75, 3.05) is 0 Å². The van der Waals surface area contributed by atoms with Crippen molar-refractivity contribution in [3.8, 4) is 11.8 Å². The van der Waals surface area contributed by atoms with Gasteiger partial charge in [0.15, 0.2) is 0 Å². The van der Waals surface area contributed by atoms with Gasteiger partial charge in [-0.1, -0.05) is 44.6 Å². The van der Waals surface area contributed by atoms with E-state index in [1.165, 1.54) is 44.9 Å². The number of fused-ring (bicyclic) bond motifs is 3. The van der Waals surface area contributed by atoms with Crippen LogP contribution >= 0.6 is 0 Å². The SMILES string of the molecule is CCCc1ccc(C#CC23CCC(CC)(CC2)CC3)cc1F. The number of rotatable bonds is 3. The molecule has 22 heavy (non-hydrogen) atoms. The Morgan fingerprint density at radius 1 is 1.05 bits per heavy atom. The summed E-state index contributed by atoms with van der Waals surface area (Å²) in [6.07, 6.45) is 10.8. The van der Waals surface area contributed by atoms with Crippen LogP contribution in [0.2, 0.25) is 0 Å². The lowest BCUT2D eigenvalue weighted by atomic mass is 9.53. The molecule has 0 nitrogen and oxygen atoms in total. The molecule has 3 fully saturated rings. The number of benzene rings is 1. The minimum absolute atomic E-state index is 0.0940. The summed E-state index contributed by atoms with van der Waals surface area (Å²) in [5, 5.41) is 0. The van der Waals surface area contributed by atoms with Crippen molar-refractivity contribution in [2.45, 2.75) is 71.6 Å². The summed E-state index contributed by atoms with van der Waals surface area (Å²) in [5.41, 5.74) is 2.49. The Bertz CT molecular complexity index is 578. The predicted octanol–water partition coefficient (Wildman–Crippen LogP) is 5.88. The topological polar surface area (TPSA) is 0 Å². The molecule has 0 spiro atoms. The molecule has 0 amide bonds. The molecular weight excluding hydrogens is 271 g/mol. The van der Waals surface area contributed by atoms with Crippen LogP contribution in [-0.2, 0) is 6.42 Å². The van der Waals surface area contributed by atoms with E-state index in [1.54, 1.807) is 6.07 Å². The van der Waals surface area contributed by atoms with Gasteiger partial charge in [0.2, 0.25) is 0 Å². The highest BCUT2D eigenvalue weighted by molar-refractivity contribution is 5.38. The van der Waals surface area contributed by atoms with Crippen molar-refractivity contribution in [3.05, 3.63) is 35.1 Å². The van der Waals surface area contributed by atoms with Crippen molar-refractivity contribution < 1.29 is 4.39 Å². The molecule has 2 bridgehead atoms. The van der Waals surface area contributed by atoms with Crippen molar-refractivity contribution in [3.63, 3.8) is 0 Å². The predicted molar refractivity (Wildman–Crippen MR) is 90.1 cm³/mol. The zero-order valence-electron chi connectivity index (χ0n) is 14.0. The van der Waals surface area contributed by atoms with Crippen LogP contribution in [0.15, 0.2) is 18.2 Å². The minimum Gasteiger partial charge on any atom is -0.207 e. The lowest BCUT2D eigenvalue weighted by Crippen LogP contribution is -2.40. The second-order valence-corrected chi connectivity index (χ2v) is 7.44. The van der Waals surface area contributed by atoms with Crippen LogP contribution in [0.1, 0.15) is 76.3 Å². The fourth-order valence-corrected chi connectivity index (χ4v) is 4.28. The second-order valence-electron chi connectivity index (χ2n) is 7.44. The van der Waals surface area contributed by atoms with Crippen LogP contribution in [0.4, 0.5) is 4.39 Å². The first-order valence-electron chi connectivity index (χ1n) is 8.92. The second kappa shape index (κ2) is 6.07. The quantitative estimate of drug-likeness (QED) is 0.611. The smallest absolute Gasteiger partial charge is 0.127 e. The van der Waals surface area contributed by atoms with E-state index in [-0.39, 0.29) is 11.2 Å². The number of aryl methyl sites for hydroxylation is 1. The largest absolute Gasteiger partial charge is 0.207 e. The summed E-state index contributed by atoms with van der Waals surface area (Å²) < 4.78 is 14.0. The summed E-state index contributed by atoms with van der Waals surface area (Å²) >= 11 is 0. The maximum Gasteiger partial charge on any atom is 0.127 e. The Labute approximate surface area is 134 Å². The van der Waals surface area contributed by atoms with Crippen LogP contribution in [0.3, 0.4) is 0 Å². The molecule has 4 rings (SSSR count). The molecule has 0 atom stereocenters. The highest BCUT2D eigenvalue weighted by Gasteiger charge is 2.46. The van der Waals surface area contributed by atoms with Crippen molar-refractivity contribution in [1.82, 2.24) is 0 Å².